The molecule has 1 aliphatic rings. The summed E-state index contributed by atoms with van der Waals surface area (Å²) >= 11 is 6.15. The maximum absolute atomic E-state index is 10.8. The fourth-order valence-corrected chi connectivity index (χ4v) is 2.76. The Labute approximate surface area is 129 Å². The molecule has 0 spiro atoms. The van der Waals surface area contributed by atoms with Gasteiger partial charge in [-0.2, -0.15) is 0 Å². The Balaban J connectivity index is 2.01. The maximum Gasteiger partial charge on any atom is 0.269 e. The van der Waals surface area contributed by atoms with Crippen molar-refractivity contribution in [1.82, 2.24) is 9.80 Å². The zero-order chi connectivity index (χ0) is 15.2. The number of hydrogen-bond acceptors (Lipinski definition) is 5. The van der Waals surface area contributed by atoms with Gasteiger partial charge in [-0.25, -0.2) is 0 Å². The topological polar surface area (TPSA) is 69.9 Å². The van der Waals surface area contributed by atoms with Gasteiger partial charge >= 0.3 is 0 Å². The molecule has 0 radical (unpaired) electrons. The number of aliphatic hydroxyl groups is 1. The molecule has 1 aromatic carbocycles. The van der Waals surface area contributed by atoms with Crippen molar-refractivity contribution < 1.29 is 10.0 Å². The lowest BCUT2D eigenvalue weighted by Gasteiger charge is -2.21. The van der Waals surface area contributed by atoms with Crippen LogP contribution in [0.3, 0.4) is 0 Å². The molecular formula is C14H20ClN3O3. The Hall–Kier alpha value is -1.21. The molecule has 1 aromatic rings. The first-order valence-electron chi connectivity index (χ1n) is 7.08. The summed E-state index contributed by atoms with van der Waals surface area (Å²) in [5.41, 5.74) is 0.868. The van der Waals surface area contributed by atoms with Crippen LogP contribution in [-0.2, 0) is 6.54 Å². The average molecular weight is 314 g/mol. The Morgan fingerprint density at radius 1 is 1.24 bits per heavy atom. The quantitative estimate of drug-likeness (QED) is 0.662. The van der Waals surface area contributed by atoms with Gasteiger partial charge in [0.2, 0.25) is 0 Å². The molecule has 116 valence electrons. The SMILES string of the molecule is O=[N+]([O-])c1ccc(Cl)c(CN2CCCN(CCO)CC2)c1. The van der Waals surface area contributed by atoms with Crippen LogP contribution in [0.2, 0.25) is 5.02 Å². The molecule has 1 aliphatic heterocycles. The van der Waals surface area contributed by atoms with E-state index in [1.165, 1.54) is 6.07 Å². The van der Waals surface area contributed by atoms with Crippen LogP contribution in [0.5, 0.6) is 0 Å². The van der Waals surface area contributed by atoms with Crippen molar-refractivity contribution in [2.45, 2.75) is 13.0 Å². The number of nitro benzene ring substituents is 1. The maximum atomic E-state index is 10.8. The Morgan fingerprint density at radius 2 is 1.95 bits per heavy atom. The van der Waals surface area contributed by atoms with Crippen LogP contribution in [-0.4, -0.2) is 59.2 Å². The van der Waals surface area contributed by atoms with Gasteiger partial charge in [0.25, 0.3) is 5.69 Å². The highest BCUT2D eigenvalue weighted by Gasteiger charge is 2.17. The van der Waals surface area contributed by atoms with E-state index >= 15 is 0 Å². The Morgan fingerprint density at radius 3 is 2.67 bits per heavy atom. The molecule has 2 rings (SSSR count). The monoisotopic (exact) mass is 313 g/mol. The zero-order valence-electron chi connectivity index (χ0n) is 11.9. The second-order valence-corrected chi connectivity index (χ2v) is 5.63. The minimum atomic E-state index is -0.398. The number of benzene rings is 1. The summed E-state index contributed by atoms with van der Waals surface area (Å²) in [5.74, 6) is 0. The second-order valence-electron chi connectivity index (χ2n) is 5.23. The predicted octanol–water partition coefficient (Wildman–Crippen LogP) is 1.75. The summed E-state index contributed by atoms with van der Waals surface area (Å²) in [6, 6.07) is 4.57. The summed E-state index contributed by atoms with van der Waals surface area (Å²) in [6.45, 7) is 5.17. The average Bonchev–Trinajstić information content (AvgIpc) is 2.67. The summed E-state index contributed by atoms with van der Waals surface area (Å²) in [4.78, 5) is 14.9. The van der Waals surface area contributed by atoms with E-state index in [9.17, 15) is 10.1 Å². The number of nitrogens with zero attached hydrogens (tertiary/aromatic N) is 3. The van der Waals surface area contributed by atoms with Crippen molar-refractivity contribution in [1.29, 1.82) is 0 Å². The highest BCUT2D eigenvalue weighted by molar-refractivity contribution is 6.31. The van der Waals surface area contributed by atoms with Gasteiger partial charge in [0.1, 0.15) is 0 Å². The number of rotatable bonds is 5. The highest BCUT2D eigenvalue weighted by Crippen LogP contribution is 2.23. The van der Waals surface area contributed by atoms with Crippen LogP contribution in [0.25, 0.3) is 0 Å². The van der Waals surface area contributed by atoms with Crippen LogP contribution in [0, 0.1) is 10.1 Å². The smallest absolute Gasteiger partial charge is 0.269 e. The van der Waals surface area contributed by atoms with Gasteiger partial charge in [0, 0.05) is 43.3 Å². The van der Waals surface area contributed by atoms with Gasteiger partial charge in [0.05, 0.1) is 11.5 Å². The molecule has 0 bridgehead atoms. The first kappa shape index (κ1) is 16.2. The molecule has 0 saturated carbocycles. The van der Waals surface area contributed by atoms with E-state index in [4.69, 9.17) is 16.7 Å². The van der Waals surface area contributed by atoms with Gasteiger partial charge in [0.15, 0.2) is 0 Å². The van der Waals surface area contributed by atoms with Crippen LogP contribution in [0.1, 0.15) is 12.0 Å². The summed E-state index contributed by atoms with van der Waals surface area (Å²) in [7, 11) is 0. The molecule has 21 heavy (non-hydrogen) atoms. The van der Waals surface area contributed by atoms with E-state index in [1.54, 1.807) is 12.1 Å². The zero-order valence-corrected chi connectivity index (χ0v) is 12.6. The molecular weight excluding hydrogens is 294 g/mol. The second kappa shape index (κ2) is 7.70. The van der Waals surface area contributed by atoms with Gasteiger partial charge in [-0.1, -0.05) is 11.6 Å². The van der Waals surface area contributed by atoms with Crippen molar-refractivity contribution in [3.8, 4) is 0 Å². The van der Waals surface area contributed by atoms with Crippen LogP contribution < -0.4 is 0 Å². The van der Waals surface area contributed by atoms with Crippen LogP contribution >= 0.6 is 11.6 Å². The first-order valence-corrected chi connectivity index (χ1v) is 7.46. The van der Waals surface area contributed by atoms with Crippen LogP contribution in [0.15, 0.2) is 18.2 Å². The van der Waals surface area contributed by atoms with E-state index in [2.05, 4.69) is 9.80 Å². The molecule has 1 saturated heterocycles. The van der Waals surface area contributed by atoms with Gasteiger partial charge < -0.3 is 5.11 Å². The van der Waals surface area contributed by atoms with E-state index in [1.807, 2.05) is 0 Å². The normalized spacial score (nSPS) is 17.6. The van der Waals surface area contributed by atoms with Gasteiger partial charge in [-0.05, 0) is 31.1 Å². The molecule has 0 atom stereocenters. The molecule has 0 amide bonds. The van der Waals surface area contributed by atoms with Gasteiger partial charge in [-0.15, -0.1) is 0 Å². The van der Waals surface area contributed by atoms with Crippen molar-refractivity contribution in [3.63, 3.8) is 0 Å². The number of β-amino-alcohol motifs (C(OH)–C–C–N with tert-alkyl or cyclic N) is 1. The molecule has 6 nitrogen and oxygen atoms in total. The fraction of sp³-hybridized carbons (Fsp3) is 0.571. The Kier molecular flexibility index (Phi) is 5.93. The number of hydrogen-bond donors (Lipinski definition) is 1. The minimum absolute atomic E-state index is 0.0751. The number of aliphatic hydroxyl groups excluding tert-OH is 1. The first-order chi connectivity index (χ1) is 10.1. The molecule has 1 heterocycles. The Bertz CT molecular complexity index is 498. The standard InChI is InChI=1S/C14H20ClN3O3/c15-14-3-2-13(18(20)21)10-12(14)11-17-5-1-4-16(6-7-17)8-9-19/h2-3,10,19H,1,4-9,11H2. The lowest BCUT2D eigenvalue weighted by molar-refractivity contribution is -0.384. The third-order valence-electron chi connectivity index (χ3n) is 3.73. The van der Waals surface area contributed by atoms with Gasteiger partial charge in [-0.3, -0.25) is 19.9 Å². The van der Waals surface area contributed by atoms with Crippen molar-refractivity contribution in [3.05, 3.63) is 38.9 Å². The van der Waals surface area contributed by atoms with E-state index in [0.29, 0.717) is 18.1 Å². The van der Waals surface area contributed by atoms with E-state index in [-0.39, 0.29) is 12.3 Å². The highest BCUT2D eigenvalue weighted by atomic mass is 35.5. The molecule has 7 heteroatoms. The fourth-order valence-electron chi connectivity index (χ4n) is 2.58. The molecule has 0 aromatic heterocycles. The summed E-state index contributed by atoms with van der Waals surface area (Å²) < 4.78 is 0. The lowest BCUT2D eigenvalue weighted by Crippen LogP contribution is -2.32. The van der Waals surface area contributed by atoms with Crippen molar-refractivity contribution in [2.24, 2.45) is 0 Å². The summed E-state index contributed by atoms with van der Waals surface area (Å²) in [6.07, 6.45) is 1.02. The number of halogens is 1. The lowest BCUT2D eigenvalue weighted by atomic mass is 10.2. The molecule has 1 fully saturated rings. The third-order valence-corrected chi connectivity index (χ3v) is 4.10. The predicted molar refractivity (Wildman–Crippen MR) is 81.5 cm³/mol. The van der Waals surface area contributed by atoms with Crippen molar-refractivity contribution in [2.75, 3.05) is 39.3 Å². The molecule has 1 N–H and O–H groups in total. The largest absolute Gasteiger partial charge is 0.395 e. The number of nitro groups is 1. The van der Waals surface area contributed by atoms with Crippen molar-refractivity contribution >= 4 is 17.3 Å². The number of non-ortho nitro benzene ring substituents is 1. The van der Waals surface area contributed by atoms with E-state index < -0.39 is 4.92 Å². The minimum Gasteiger partial charge on any atom is -0.395 e. The molecule has 0 aliphatic carbocycles. The third kappa shape index (κ3) is 4.64. The van der Waals surface area contributed by atoms with Crippen LogP contribution in [0.4, 0.5) is 5.69 Å². The summed E-state index contributed by atoms with van der Waals surface area (Å²) in [5, 5.41) is 20.4. The molecule has 0 unspecified atom stereocenters. The van der Waals surface area contributed by atoms with E-state index in [0.717, 1.165) is 38.2 Å².